The Morgan fingerprint density at radius 2 is 1.56 bits per heavy atom. The van der Waals surface area contributed by atoms with Gasteiger partial charge in [0.15, 0.2) is 0 Å². The fraction of sp³-hybridized carbons (Fsp3) is 0.391. The lowest BCUT2D eigenvalue weighted by Crippen LogP contribution is -2.38. The van der Waals surface area contributed by atoms with E-state index in [9.17, 15) is 14.2 Å². The minimum atomic E-state index is -4.00. The summed E-state index contributed by atoms with van der Waals surface area (Å²) < 4.78 is 30.3. The molecule has 0 aromatic heterocycles. The van der Waals surface area contributed by atoms with Crippen molar-refractivity contribution < 1.29 is 27.9 Å². The molecule has 8 nitrogen and oxygen atoms in total. The van der Waals surface area contributed by atoms with E-state index in [4.69, 9.17) is 19.5 Å². The van der Waals surface area contributed by atoms with E-state index in [2.05, 4.69) is 5.32 Å². The molecule has 2 rings (SSSR count). The molecular weight excluding hydrogens is 431 g/mol. The third-order valence-electron chi connectivity index (χ3n) is 4.67. The van der Waals surface area contributed by atoms with Crippen LogP contribution in [0, 0.1) is 0 Å². The van der Waals surface area contributed by atoms with Crippen LogP contribution in [-0.4, -0.2) is 23.9 Å². The van der Waals surface area contributed by atoms with Gasteiger partial charge in [0.05, 0.1) is 6.61 Å². The molecule has 2 unspecified atom stereocenters. The second-order valence-corrected chi connectivity index (χ2v) is 9.49. The van der Waals surface area contributed by atoms with Gasteiger partial charge in [-0.15, -0.1) is 0 Å². The van der Waals surface area contributed by atoms with Gasteiger partial charge in [-0.05, 0) is 24.5 Å². The Hall–Kier alpha value is -2.67. The Labute approximate surface area is 189 Å². The molecule has 0 fully saturated rings. The van der Waals surface area contributed by atoms with Crippen LogP contribution in [0.4, 0.5) is 4.79 Å². The number of nitrogens with one attached hydrogen (secondary N) is 1. The molecule has 3 atom stereocenters. The van der Waals surface area contributed by atoms with Crippen LogP contribution < -0.4 is 11.1 Å². The van der Waals surface area contributed by atoms with Gasteiger partial charge in [-0.3, -0.25) is 13.9 Å². The molecule has 9 heteroatoms. The Morgan fingerprint density at radius 1 is 1.00 bits per heavy atom. The largest absolute Gasteiger partial charge is 0.445 e. The lowest BCUT2D eigenvalue weighted by molar-refractivity contribution is -0.124. The zero-order valence-corrected chi connectivity index (χ0v) is 19.3. The fourth-order valence-electron chi connectivity index (χ4n) is 2.81. The van der Waals surface area contributed by atoms with Crippen molar-refractivity contribution in [3.63, 3.8) is 0 Å². The molecule has 2 amide bonds. The Kier molecular flexibility index (Phi) is 10.4. The smallest absolute Gasteiger partial charge is 0.408 e. The number of benzene rings is 2. The molecule has 0 aliphatic carbocycles. The number of alkyl carbamates (subject to hydrolysis) is 1. The average Bonchev–Trinajstić information content (AvgIpc) is 2.80. The molecule has 174 valence electrons. The first-order chi connectivity index (χ1) is 15.3. The molecule has 0 bridgehead atoms. The maximum absolute atomic E-state index is 13.8. The molecule has 0 saturated heterocycles. The maximum Gasteiger partial charge on any atom is 0.408 e. The van der Waals surface area contributed by atoms with E-state index in [-0.39, 0.29) is 13.2 Å². The lowest BCUT2D eigenvalue weighted by Gasteiger charge is -2.29. The van der Waals surface area contributed by atoms with Gasteiger partial charge in [-0.2, -0.15) is 0 Å². The fourth-order valence-corrected chi connectivity index (χ4v) is 4.84. The van der Waals surface area contributed by atoms with Crippen LogP contribution in [0.3, 0.4) is 0 Å². The second kappa shape index (κ2) is 13.0. The van der Waals surface area contributed by atoms with Gasteiger partial charge in [-0.25, -0.2) is 4.79 Å². The van der Waals surface area contributed by atoms with Crippen molar-refractivity contribution in [1.82, 2.24) is 5.32 Å². The van der Waals surface area contributed by atoms with Gasteiger partial charge >= 0.3 is 13.7 Å². The number of unbranched alkanes of at least 4 members (excludes halogenated alkanes) is 1. The molecule has 0 radical (unpaired) electrons. The number of primary amides is 1. The molecule has 0 aliphatic heterocycles. The molecule has 0 spiro atoms. The molecule has 0 aliphatic rings. The zero-order valence-electron chi connectivity index (χ0n) is 18.4. The van der Waals surface area contributed by atoms with Gasteiger partial charge in [0.25, 0.3) is 0 Å². The summed E-state index contributed by atoms with van der Waals surface area (Å²) >= 11 is 0. The number of rotatable bonds is 13. The summed E-state index contributed by atoms with van der Waals surface area (Å²) in [5.74, 6) is -1.79. The van der Waals surface area contributed by atoms with E-state index in [0.29, 0.717) is 12.8 Å². The van der Waals surface area contributed by atoms with Gasteiger partial charge in [-0.1, -0.05) is 80.4 Å². The molecule has 3 N–H and O–H groups in total. The first kappa shape index (κ1) is 25.6. The maximum atomic E-state index is 13.8. The monoisotopic (exact) mass is 462 g/mol. The number of carbonyl (C=O) groups is 2. The van der Waals surface area contributed by atoms with Crippen LogP contribution in [0.2, 0.25) is 0 Å². The van der Waals surface area contributed by atoms with Gasteiger partial charge in [0.1, 0.15) is 18.5 Å². The molecule has 32 heavy (non-hydrogen) atoms. The van der Waals surface area contributed by atoms with Crippen LogP contribution >= 0.6 is 7.60 Å². The van der Waals surface area contributed by atoms with Crippen LogP contribution in [0.1, 0.15) is 44.2 Å². The third-order valence-corrected chi connectivity index (χ3v) is 6.92. The standard InChI is InChI=1S/C23H31N2O6P/c1-3-4-15-21(25-23(27)29-16-19-11-7-5-8-12-19)32(28,31-18(2)22(24)26)30-17-20-13-9-6-10-14-20/h5-14,18,21H,3-4,15-17H2,1-2H3,(H2,24,26)(H,25,27)/t18-,21?,32?/m0/s1. The number of ether oxygens (including phenoxy) is 1. The Bertz CT molecular complexity index is 894. The van der Waals surface area contributed by atoms with Crippen molar-refractivity contribution in [2.75, 3.05) is 0 Å². The summed E-state index contributed by atoms with van der Waals surface area (Å²) in [5.41, 5.74) is 6.89. The molecule has 2 aromatic carbocycles. The second-order valence-electron chi connectivity index (χ2n) is 7.31. The number of hydrogen-bond acceptors (Lipinski definition) is 6. The van der Waals surface area contributed by atoms with Gasteiger partial charge in [0, 0.05) is 0 Å². The van der Waals surface area contributed by atoms with Crippen LogP contribution in [0.25, 0.3) is 0 Å². The van der Waals surface area contributed by atoms with Crippen molar-refractivity contribution in [2.45, 2.75) is 58.2 Å². The SMILES string of the molecule is CCCCC(NC(=O)OCc1ccccc1)P(=O)(OCc1ccccc1)O[C@@H](C)C(N)=O. The zero-order chi connectivity index (χ0) is 23.4. The lowest BCUT2D eigenvalue weighted by atomic mass is 10.2. The summed E-state index contributed by atoms with van der Waals surface area (Å²) in [4.78, 5) is 24.1. The van der Waals surface area contributed by atoms with Crippen molar-refractivity contribution in [3.8, 4) is 0 Å². The molecule has 2 aromatic rings. The van der Waals surface area contributed by atoms with Crippen LogP contribution in [-0.2, 0) is 36.4 Å². The van der Waals surface area contributed by atoms with E-state index in [0.717, 1.165) is 17.5 Å². The summed E-state index contributed by atoms with van der Waals surface area (Å²) in [6, 6.07) is 18.3. The first-order valence-corrected chi connectivity index (χ1v) is 12.2. The third kappa shape index (κ3) is 8.46. The van der Waals surface area contributed by atoms with Crippen molar-refractivity contribution >= 4 is 19.6 Å². The van der Waals surface area contributed by atoms with Crippen LogP contribution in [0.15, 0.2) is 60.7 Å². The summed E-state index contributed by atoms with van der Waals surface area (Å²) in [6.07, 6.45) is -0.163. The van der Waals surface area contributed by atoms with Crippen molar-refractivity contribution in [1.29, 1.82) is 0 Å². The van der Waals surface area contributed by atoms with E-state index in [1.807, 2.05) is 67.6 Å². The predicted octanol–water partition coefficient (Wildman–Crippen LogP) is 4.73. The summed E-state index contributed by atoms with van der Waals surface area (Å²) in [7, 11) is -4.00. The molecular formula is C23H31N2O6P. The number of hydrogen-bond donors (Lipinski definition) is 2. The highest BCUT2D eigenvalue weighted by Gasteiger charge is 2.40. The number of carbonyl (C=O) groups excluding carboxylic acids is 2. The van der Waals surface area contributed by atoms with Crippen molar-refractivity contribution in [3.05, 3.63) is 71.8 Å². The van der Waals surface area contributed by atoms with E-state index in [1.54, 1.807) is 0 Å². The highest BCUT2D eigenvalue weighted by molar-refractivity contribution is 7.54. The summed E-state index contributed by atoms with van der Waals surface area (Å²) in [6.45, 7) is 3.40. The normalized spacial score (nSPS) is 14.7. The van der Waals surface area contributed by atoms with Crippen molar-refractivity contribution in [2.24, 2.45) is 5.73 Å². The molecule has 0 saturated carbocycles. The molecule has 0 heterocycles. The van der Waals surface area contributed by atoms with E-state index in [1.165, 1.54) is 6.92 Å². The average molecular weight is 462 g/mol. The highest BCUT2D eigenvalue weighted by Crippen LogP contribution is 2.55. The first-order valence-electron chi connectivity index (χ1n) is 10.6. The Balaban J connectivity index is 2.16. The summed E-state index contributed by atoms with van der Waals surface area (Å²) in [5, 5.41) is 2.62. The van der Waals surface area contributed by atoms with E-state index >= 15 is 0 Å². The highest BCUT2D eigenvalue weighted by atomic mass is 31.2. The quantitative estimate of drug-likeness (QED) is 0.416. The van der Waals surface area contributed by atoms with Gasteiger partial charge < -0.3 is 20.3 Å². The minimum absolute atomic E-state index is 0.0209. The Morgan fingerprint density at radius 3 is 2.09 bits per heavy atom. The minimum Gasteiger partial charge on any atom is -0.445 e. The van der Waals surface area contributed by atoms with Crippen LogP contribution in [0.5, 0.6) is 0 Å². The predicted molar refractivity (Wildman–Crippen MR) is 122 cm³/mol. The number of nitrogens with two attached hydrogens (primary N) is 1. The number of amides is 2. The topological polar surface area (TPSA) is 117 Å². The van der Waals surface area contributed by atoms with Gasteiger partial charge in [0.2, 0.25) is 5.91 Å². The van der Waals surface area contributed by atoms with E-state index < -0.39 is 31.5 Å².